The molecular formula is C88H16F40O8. The van der Waals surface area contributed by atoms with Gasteiger partial charge in [-0.25, -0.2) is 176 Å². The van der Waals surface area contributed by atoms with Crippen molar-refractivity contribution in [3.05, 3.63) is 464 Å². The molecule has 1 aliphatic heterocycles. The van der Waals surface area contributed by atoms with Gasteiger partial charge >= 0.3 is 0 Å². The van der Waals surface area contributed by atoms with E-state index in [9.17, 15) is 0 Å². The third-order valence-corrected chi connectivity index (χ3v) is 20.5. The van der Waals surface area contributed by atoms with Crippen molar-refractivity contribution in [2.75, 3.05) is 0 Å². The van der Waals surface area contributed by atoms with E-state index in [0.717, 1.165) is 0 Å². The Morgan fingerprint density at radius 1 is 0.0882 bits per heavy atom. The number of furan rings is 8. The number of hydrogen-bond donors (Lipinski definition) is 0. The minimum Gasteiger partial charge on any atom is -0.456 e. The molecule has 16 aromatic rings. The summed E-state index contributed by atoms with van der Waals surface area (Å²) >= 11 is 0. The summed E-state index contributed by atoms with van der Waals surface area (Å²) in [6, 6.07) is 1.12. The Hall–Kier alpha value is -15.8. The van der Waals surface area contributed by atoms with Gasteiger partial charge in [-0.05, 0) is 97.1 Å². The van der Waals surface area contributed by atoms with Crippen LogP contribution in [0, 0.1) is 233 Å². The average molecular weight is 1960 g/mol. The molecule has 8 aromatic heterocycles. The number of hydrogen-bond acceptors (Lipinski definition) is 8. The lowest BCUT2D eigenvalue weighted by Crippen LogP contribution is -2.17. The highest BCUT2D eigenvalue weighted by Crippen LogP contribution is 2.45. The highest BCUT2D eigenvalue weighted by atomic mass is 19.2. The predicted octanol–water partition coefficient (Wildman–Crippen LogP) is 20.3. The van der Waals surface area contributed by atoms with E-state index < -0.39 is 411 Å². The van der Waals surface area contributed by atoms with Crippen LogP contribution < -0.4 is 43.3 Å². The summed E-state index contributed by atoms with van der Waals surface area (Å²) in [7, 11) is 0. The molecule has 0 N–H and O–H groups in total. The first-order valence-electron chi connectivity index (χ1n) is 36.1. The van der Waals surface area contributed by atoms with Gasteiger partial charge in [-0.3, -0.25) is 0 Å². The van der Waals surface area contributed by atoms with Crippen LogP contribution in [0.5, 0.6) is 0 Å². The molecule has 0 saturated heterocycles. The molecule has 696 valence electrons. The van der Waals surface area contributed by atoms with Gasteiger partial charge < -0.3 is 35.3 Å². The van der Waals surface area contributed by atoms with E-state index in [1.807, 2.05) is 0 Å². The van der Waals surface area contributed by atoms with E-state index in [2.05, 4.69) is 0 Å². The van der Waals surface area contributed by atoms with E-state index >= 15 is 176 Å². The largest absolute Gasteiger partial charge is 0.456 e. The molecule has 0 amide bonds. The molecule has 17 rings (SSSR count). The maximum Gasteiger partial charge on any atom is 0.200 e. The van der Waals surface area contributed by atoms with Crippen LogP contribution in [0.15, 0.2) is 132 Å². The lowest BCUT2D eigenvalue weighted by molar-refractivity contribution is 0.374. The van der Waals surface area contributed by atoms with Crippen molar-refractivity contribution in [2.24, 2.45) is 0 Å². The Balaban J connectivity index is 1.11. The van der Waals surface area contributed by atoms with Crippen LogP contribution >= 0.6 is 0 Å². The number of halogens is 40. The molecule has 136 heavy (non-hydrogen) atoms. The van der Waals surface area contributed by atoms with Gasteiger partial charge in [-0.15, -0.1) is 0 Å². The molecule has 8 aromatic carbocycles. The average Bonchev–Trinajstić information content (AvgIpc) is 1.56. The summed E-state index contributed by atoms with van der Waals surface area (Å²) in [6.07, 6.45) is 0. The van der Waals surface area contributed by atoms with Gasteiger partial charge in [0, 0.05) is 0 Å². The standard InChI is InChI=1S/C88H16F40O8/c89-49-41(50(90)66(106)81(121)65(49)105)33-17-1-2-18(129-17)34(42-51(91)67(107)82(122)68(108)52(42)92)20-5-6-22(131-20)36(44-55(95)71(111)84(124)72(112)56(44)96)24-9-10-26(133-24)38(46-59(99)75(115)86(126)76(116)60(46)100)28-13-14-30(135-28)40(48-63(103)79(119)88(128)80(120)64(48)104)32-16-15-31(136-32)39(47-61(101)77(117)87(127)78(118)62(47)102)29-12-11-27(134-29)37(45-57(97)73(113)85(125)74(114)58(45)98)25-8-7-23(132-25)35(21-4-3-19(33)130-21)43-53(93)69(109)83(123)70(110)54(43)94/h1-16H/b33-17+,33-19?,34-18+,34-20?,35-21?,35-23+,36-22?,36-24+,37-25+,37-27?,38-26+,38-28?,39-29?,39-31+,40-30?,40-32+. The van der Waals surface area contributed by atoms with Gasteiger partial charge in [0.2, 0.25) is 46.5 Å². The van der Waals surface area contributed by atoms with Crippen molar-refractivity contribution in [1.29, 1.82) is 0 Å². The quantitative estimate of drug-likeness (QED) is 0.0842. The minimum absolute atomic E-state index is 0.0699. The Bertz CT molecular complexity index is 6930. The Morgan fingerprint density at radius 2 is 0.162 bits per heavy atom. The zero-order valence-corrected chi connectivity index (χ0v) is 63.6. The molecule has 0 atom stereocenters. The Morgan fingerprint density at radius 3 is 0.243 bits per heavy atom. The highest BCUT2D eigenvalue weighted by Gasteiger charge is 2.42. The molecule has 48 heteroatoms. The van der Waals surface area contributed by atoms with Crippen LogP contribution in [0.1, 0.15) is 90.6 Å². The third kappa shape index (κ3) is 13.7. The number of benzene rings is 8. The van der Waals surface area contributed by atoms with Gasteiger partial charge in [0.25, 0.3) is 0 Å². The molecular weight excluding hydrogens is 1940 g/mol. The molecule has 16 bridgehead atoms. The van der Waals surface area contributed by atoms with E-state index in [-0.39, 0.29) is 97.1 Å². The summed E-state index contributed by atoms with van der Waals surface area (Å²) in [5.74, 6) is -138. The smallest absolute Gasteiger partial charge is 0.200 e. The summed E-state index contributed by atoms with van der Waals surface area (Å²) in [5.41, 5.74) is -50.4. The number of fused-ring (bicyclic) bond motifs is 16. The number of rotatable bonds is 8. The van der Waals surface area contributed by atoms with Gasteiger partial charge in [0.1, 0.15) is 89.4 Å². The maximum absolute atomic E-state index is 16.8. The topological polar surface area (TPSA) is 105 Å². The van der Waals surface area contributed by atoms with Crippen LogP contribution in [0.2, 0.25) is 0 Å². The first kappa shape index (κ1) is 92.0. The van der Waals surface area contributed by atoms with E-state index in [4.69, 9.17) is 35.3 Å². The fourth-order valence-corrected chi connectivity index (χ4v) is 14.4. The van der Waals surface area contributed by atoms with E-state index in [1.54, 1.807) is 0 Å². The molecule has 0 saturated carbocycles. The van der Waals surface area contributed by atoms with Crippen LogP contribution in [0.3, 0.4) is 0 Å². The SMILES string of the molecule is Fc1c(F)c(F)c(/C2=c3\cc/c(o3)=C(\c3c(F)c(F)c(F)c(F)c3F)c3ccc(o3)/C(c3c(F)c(F)c(F)c(F)c3F)=c3/cc/c(o3)=C(\c3c(F)c(F)c(F)c(F)c3F)c3ccc(o3)/C(c3c(F)c(F)c(F)c(F)c3F)=c3/cc/c(o3)=C(\c3c(F)c(F)c(F)c(F)c3F)c3ccc(o3)/C(c3c(F)c(F)c(F)c(F)c3F)=c3/cc/c(o3)=C(\c3c(F)c(F)c(F)c(F)c3F)c3ccc2o3)c(F)c1F. The summed E-state index contributed by atoms with van der Waals surface area (Å²) in [6.45, 7) is 0. The zero-order chi connectivity index (χ0) is 98.5. The molecule has 1 aliphatic rings. The summed E-state index contributed by atoms with van der Waals surface area (Å²) in [4.78, 5) is 0. The van der Waals surface area contributed by atoms with Crippen molar-refractivity contribution >= 4 is 44.6 Å². The lowest BCUT2D eigenvalue weighted by atomic mass is 10.0. The molecule has 0 unspecified atom stereocenters. The van der Waals surface area contributed by atoms with Crippen LogP contribution in [-0.2, 0) is 0 Å². The van der Waals surface area contributed by atoms with E-state index in [1.165, 1.54) is 0 Å². The van der Waals surface area contributed by atoms with Crippen LogP contribution in [0.25, 0.3) is 44.6 Å². The molecule has 0 fully saturated rings. The van der Waals surface area contributed by atoms with Crippen molar-refractivity contribution in [3.63, 3.8) is 0 Å². The Kier molecular flexibility index (Phi) is 22.4. The second kappa shape index (κ2) is 33.1. The summed E-state index contributed by atoms with van der Waals surface area (Å²) in [5, 5.41) is 0. The fraction of sp³-hybridized carbons (Fsp3) is 0. The first-order valence-corrected chi connectivity index (χ1v) is 36.1. The highest BCUT2D eigenvalue weighted by molar-refractivity contribution is 5.87. The monoisotopic (exact) mass is 1960 g/mol. The molecule has 9 heterocycles. The third-order valence-electron chi connectivity index (χ3n) is 20.5. The van der Waals surface area contributed by atoms with Crippen molar-refractivity contribution in [3.8, 4) is 0 Å². The van der Waals surface area contributed by atoms with Crippen molar-refractivity contribution in [2.45, 2.75) is 0 Å². The molecule has 0 spiro atoms. The van der Waals surface area contributed by atoms with Gasteiger partial charge in [-0.1, -0.05) is 0 Å². The second-order valence-electron chi connectivity index (χ2n) is 27.9. The van der Waals surface area contributed by atoms with Gasteiger partial charge in [0.05, 0.1) is 89.1 Å². The van der Waals surface area contributed by atoms with Crippen LogP contribution in [-0.4, -0.2) is 0 Å². The summed E-state index contributed by atoms with van der Waals surface area (Å²) < 4.78 is 687. The molecule has 0 radical (unpaired) electrons. The van der Waals surface area contributed by atoms with Crippen molar-refractivity contribution < 1.29 is 211 Å². The normalized spacial score (nSPS) is 16.1. The lowest BCUT2D eigenvalue weighted by Gasteiger charge is -2.12. The van der Waals surface area contributed by atoms with Crippen molar-refractivity contribution in [1.82, 2.24) is 0 Å². The van der Waals surface area contributed by atoms with Gasteiger partial charge in [0.15, 0.2) is 186 Å². The maximum atomic E-state index is 16.8. The fourth-order valence-electron chi connectivity index (χ4n) is 14.4. The van der Waals surface area contributed by atoms with E-state index in [0.29, 0.717) is 0 Å². The first-order chi connectivity index (χ1) is 64.2. The minimum atomic E-state index is -3.13. The van der Waals surface area contributed by atoms with Gasteiger partial charge in [-0.2, -0.15) is 0 Å². The van der Waals surface area contributed by atoms with Crippen LogP contribution in [0.4, 0.5) is 176 Å². The zero-order valence-electron chi connectivity index (χ0n) is 63.6. The molecule has 0 aliphatic carbocycles. The molecule has 8 nitrogen and oxygen atoms in total. The Labute approximate surface area is 717 Å². The second-order valence-corrected chi connectivity index (χ2v) is 27.9. The predicted molar refractivity (Wildman–Crippen MR) is 369 cm³/mol.